The number of nitrogens with zero attached hydrogens (tertiary/aromatic N) is 2. The van der Waals surface area contributed by atoms with E-state index in [4.69, 9.17) is 32.7 Å². The number of aryl methyl sites for hydroxylation is 1. The molecule has 1 fully saturated rings. The molecule has 1 amide bonds. The lowest BCUT2D eigenvalue weighted by atomic mass is 9.89. The van der Waals surface area contributed by atoms with E-state index in [1.165, 1.54) is 5.56 Å². The Kier molecular flexibility index (Phi) is 7.63. The summed E-state index contributed by atoms with van der Waals surface area (Å²) in [6.07, 6.45) is 2.93. The Morgan fingerprint density at radius 3 is 2.38 bits per heavy atom. The summed E-state index contributed by atoms with van der Waals surface area (Å²) in [5.41, 5.74) is 3.73. The molecule has 2 heterocycles. The Bertz CT molecular complexity index is 1360. The van der Waals surface area contributed by atoms with Crippen LogP contribution < -0.4 is 14.4 Å². The van der Waals surface area contributed by atoms with Crippen molar-refractivity contribution in [2.24, 2.45) is 0 Å². The minimum absolute atomic E-state index is 0.167. The van der Waals surface area contributed by atoms with Gasteiger partial charge in [0.15, 0.2) is 0 Å². The van der Waals surface area contributed by atoms with E-state index in [1.807, 2.05) is 66.9 Å². The van der Waals surface area contributed by atoms with Crippen molar-refractivity contribution in [1.82, 2.24) is 4.98 Å². The van der Waals surface area contributed by atoms with Crippen LogP contribution in [0.4, 0.5) is 5.69 Å². The van der Waals surface area contributed by atoms with E-state index in [1.54, 1.807) is 23.1 Å². The van der Waals surface area contributed by atoms with Crippen LogP contribution in [-0.2, 0) is 17.6 Å². The normalized spacial score (nSPS) is 16.8. The van der Waals surface area contributed by atoms with Crippen molar-refractivity contribution in [3.8, 4) is 11.5 Å². The first-order chi connectivity index (χ1) is 18.0. The molecule has 0 N–H and O–H groups in total. The van der Waals surface area contributed by atoms with Gasteiger partial charge in [0.05, 0.1) is 17.3 Å². The highest BCUT2D eigenvalue weighted by atomic mass is 35.5. The molecule has 2 atom stereocenters. The highest BCUT2D eigenvalue weighted by molar-refractivity contribution is 6.37. The molecule has 5 nitrogen and oxygen atoms in total. The first-order valence-electron chi connectivity index (χ1n) is 12.2. The topological polar surface area (TPSA) is 51.7 Å². The number of anilines is 1. The number of carbonyl (C=O) groups excluding carboxylic acids is 1. The molecule has 37 heavy (non-hydrogen) atoms. The second-order valence-electron chi connectivity index (χ2n) is 8.78. The fourth-order valence-electron chi connectivity index (χ4n) is 4.34. The standard InChI is InChI=1S/C30H26Cl2N2O3/c1-2-20-8-12-23(33-19-20)16-17-36-24-13-9-21(10-14-24)28-29(37-25-6-4-3-5-7-25)30(35)34(28)27-15-11-22(31)18-26(27)32/h3-15,18-19,28-29H,2,16-17H2,1H3. The number of pyridine rings is 1. The molecule has 0 radical (unpaired) electrons. The Hall–Kier alpha value is -3.54. The lowest BCUT2D eigenvalue weighted by Crippen LogP contribution is -2.61. The van der Waals surface area contributed by atoms with Crippen LogP contribution in [0.5, 0.6) is 11.5 Å². The summed E-state index contributed by atoms with van der Waals surface area (Å²) in [7, 11) is 0. The Morgan fingerprint density at radius 2 is 1.70 bits per heavy atom. The van der Waals surface area contributed by atoms with Gasteiger partial charge in [-0.1, -0.05) is 66.5 Å². The van der Waals surface area contributed by atoms with Crippen molar-refractivity contribution in [2.75, 3.05) is 11.5 Å². The van der Waals surface area contributed by atoms with E-state index >= 15 is 0 Å². The van der Waals surface area contributed by atoms with Crippen molar-refractivity contribution in [1.29, 1.82) is 0 Å². The molecule has 0 aliphatic carbocycles. The molecule has 2 unspecified atom stereocenters. The molecule has 1 aromatic heterocycles. The van der Waals surface area contributed by atoms with E-state index in [9.17, 15) is 4.79 Å². The lowest BCUT2D eigenvalue weighted by molar-refractivity contribution is -0.135. The number of amides is 1. The third-order valence-electron chi connectivity index (χ3n) is 6.36. The number of halogens is 2. The fourth-order valence-corrected chi connectivity index (χ4v) is 4.84. The van der Waals surface area contributed by atoms with Gasteiger partial charge in [0.1, 0.15) is 17.5 Å². The third kappa shape index (κ3) is 5.58. The second-order valence-corrected chi connectivity index (χ2v) is 9.62. The molecular formula is C30H26Cl2N2O3. The molecule has 7 heteroatoms. The van der Waals surface area contributed by atoms with Gasteiger partial charge in [0, 0.05) is 23.3 Å². The van der Waals surface area contributed by atoms with Crippen LogP contribution >= 0.6 is 23.2 Å². The summed E-state index contributed by atoms with van der Waals surface area (Å²) in [6, 6.07) is 26.0. The highest BCUT2D eigenvalue weighted by Crippen LogP contribution is 2.44. The minimum Gasteiger partial charge on any atom is -0.493 e. The Balaban J connectivity index is 1.32. The van der Waals surface area contributed by atoms with E-state index < -0.39 is 6.10 Å². The SMILES string of the molecule is CCc1ccc(CCOc2ccc(C3C(Oc4ccccc4)C(=O)N3c3ccc(Cl)cc3Cl)cc2)nc1. The first-order valence-corrected chi connectivity index (χ1v) is 13.0. The largest absolute Gasteiger partial charge is 0.493 e. The number of para-hydroxylation sites is 1. The van der Waals surface area contributed by atoms with Crippen molar-refractivity contribution in [3.05, 3.63) is 118 Å². The van der Waals surface area contributed by atoms with Gasteiger partial charge in [-0.2, -0.15) is 0 Å². The van der Waals surface area contributed by atoms with Gasteiger partial charge in [-0.05, 0) is 66.1 Å². The average Bonchev–Trinajstić information content (AvgIpc) is 2.92. The van der Waals surface area contributed by atoms with Crippen LogP contribution in [0.1, 0.15) is 29.8 Å². The Labute approximate surface area is 226 Å². The van der Waals surface area contributed by atoms with Crippen LogP contribution in [-0.4, -0.2) is 23.6 Å². The van der Waals surface area contributed by atoms with Crippen molar-refractivity contribution >= 4 is 34.8 Å². The van der Waals surface area contributed by atoms with E-state index in [0.29, 0.717) is 28.1 Å². The second kappa shape index (κ2) is 11.2. The van der Waals surface area contributed by atoms with Crippen LogP contribution in [0.3, 0.4) is 0 Å². The average molecular weight is 533 g/mol. The van der Waals surface area contributed by atoms with Gasteiger partial charge < -0.3 is 9.47 Å². The summed E-state index contributed by atoms with van der Waals surface area (Å²) in [5.74, 6) is 1.21. The number of ether oxygens (including phenoxy) is 2. The number of β-lactam (4-membered cyclic amide) rings is 1. The predicted molar refractivity (Wildman–Crippen MR) is 147 cm³/mol. The number of hydrogen-bond acceptors (Lipinski definition) is 4. The molecule has 0 spiro atoms. The fraction of sp³-hybridized carbons (Fsp3) is 0.200. The van der Waals surface area contributed by atoms with Crippen molar-refractivity contribution in [2.45, 2.75) is 31.9 Å². The molecule has 0 saturated carbocycles. The lowest BCUT2D eigenvalue weighted by Gasteiger charge is -2.47. The third-order valence-corrected chi connectivity index (χ3v) is 6.90. The summed E-state index contributed by atoms with van der Waals surface area (Å²) >= 11 is 12.6. The minimum atomic E-state index is -0.682. The van der Waals surface area contributed by atoms with Crippen molar-refractivity contribution in [3.63, 3.8) is 0 Å². The van der Waals surface area contributed by atoms with Crippen LogP contribution in [0.2, 0.25) is 10.0 Å². The van der Waals surface area contributed by atoms with Crippen LogP contribution in [0, 0.1) is 0 Å². The number of benzene rings is 3. The van der Waals surface area contributed by atoms with Gasteiger partial charge >= 0.3 is 0 Å². The zero-order chi connectivity index (χ0) is 25.8. The molecule has 1 aliphatic heterocycles. The summed E-state index contributed by atoms with van der Waals surface area (Å²) in [4.78, 5) is 19.4. The molecular weight excluding hydrogens is 507 g/mol. The van der Waals surface area contributed by atoms with Gasteiger partial charge in [0.25, 0.3) is 5.91 Å². The number of hydrogen-bond donors (Lipinski definition) is 0. The zero-order valence-electron chi connectivity index (χ0n) is 20.3. The predicted octanol–water partition coefficient (Wildman–Crippen LogP) is 7.11. The van der Waals surface area contributed by atoms with Gasteiger partial charge in [0.2, 0.25) is 6.10 Å². The maximum atomic E-state index is 13.2. The monoisotopic (exact) mass is 532 g/mol. The van der Waals surface area contributed by atoms with Crippen LogP contribution in [0.25, 0.3) is 0 Å². The number of carbonyl (C=O) groups is 1. The molecule has 1 aliphatic rings. The zero-order valence-corrected chi connectivity index (χ0v) is 21.8. The van der Waals surface area contributed by atoms with E-state index in [-0.39, 0.29) is 11.9 Å². The molecule has 4 aromatic rings. The van der Waals surface area contributed by atoms with E-state index in [0.717, 1.165) is 29.8 Å². The smallest absolute Gasteiger partial charge is 0.271 e. The summed E-state index contributed by atoms with van der Waals surface area (Å²) < 4.78 is 12.1. The van der Waals surface area contributed by atoms with Crippen molar-refractivity contribution < 1.29 is 14.3 Å². The van der Waals surface area contributed by atoms with Crippen LogP contribution in [0.15, 0.2) is 91.1 Å². The highest BCUT2D eigenvalue weighted by Gasteiger charge is 2.51. The summed E-state index contributed by atoms with van der Waals surface area (Å²) in [5, 5.41) is 0.915. The quantitative estimate of drug-likeness (QED) is 0.215. The molecule has 188 valence electrons. The summed E-state index contributed by atoms with van der Waals surface area (Å²) in [6.45, 7) is 2.63. The number of rotatable bonds is 9. The maximum absolute atomic E-state index is 13.2. The molecule has 3 aromatic carbocycles. The van der Waals surface area contributed by atoms with Gasteiger partial charge in [-0.15, -0.1) is 0 Å². The molecule has 0 bridgehead atoms. The van der Waals surface area contributed by atoms with Gasteiger partial charge in [-0.3, -0.25) is 14.7 Å². The van der Waals surface area contributed by atoms with E-state index in [2.05, 4.69) is 18.0 Å². The Morgan fingerprint density at radius 1 is 0.919 bits per heavy atom. The number of aromatic nitrogens is 1. The van der Waals surface area contributed by atoms with Gasteiger partial charge in [-0.25, -0.2) is 0 Å². The first kappa shape index (κ1) is 25.1. The molecule has 5 rings (SSSR count). The molecule has 1 saturated heterocycles. The maximum Gasteiger partial charge on any atom is 0.271 e.